The van der Waals surface area contributed by atoms with Crippen molar-refractivity contribution in [2.45, 2.75) is 26.3 Å². The SMILES string of the molecule is Cc1c(CNCC2CCCOC2)cc(C#N)n1C. The molecule has 1 aliphatic heterocycles. The first-order valence-electron chi connectivity index (χ1n) is 6.56. The van der Waals surface area contributed by atoms with E-state index in [9.17, 15) is 0 Å². The molecule has 1 saturated heterocycles. The number of rotatable bonds is 4. The van der Waals surface area contributed by atoms with E-state index < -0.39 is 0 Å². The first-order valence-corrected chi connectivity index (χ1v) is 6.56. The molecule has 0 saturated carbocycles. The van der Waals surface area contributed by atoms with E-state index >= 15 is 0 Å². The van der Waals surface area contributed by atoms with E-state index in [4.69, 9.17) is 10.00 Å². The number of aromatic nitrogens is 1. The van der Waals surface area contributed by atoms with Crippen LogP contribution >= 0.6 is 0 Å². The molecule has 1 fully saturated rings. The standard InChI is InChI=1S/C14H21N3O/c1-11-13(6-14(7-15)17(11)2)9-16-8-12-4-3-5-18-10-12/h6,12,16H,3-5,8-10H2,1-2H3. The van der Waals surface area contributed by atoms with Gasteiger partial charge in [-0.25, -0.2) is 0 Å². The molecule has 0 aromatic carbocycles. The maximum Gasteiger partial charge on any atom is 0.120 e. The number of hydrogen-bond donors (Lipinski definition) is 1. The molecule has 0 amide bonds. The van der Waals surface area contributed by atoms with Gasteiger partial charge in [-0.05, 0) is 37.3 Å². The van der Waals surface area contributed by atoms with Crippen LogP contribution in [0.1, 0.15) is 29.8 Å². The third-order valence-corrected chi connectivity index (χ3v) is 3.76. The van der Waals surface area contributed by atoms with Crippen molar-refractivity contribution in [1.82, 2.24) is 9.88 Å². The fourth-order valence-corrected chi connectivity index (χ4v) is 2.43. The van der Waals surface area contributed by atoms with Crippen LogP contribution in [0.3, 0.4) is 0 Å². The highest BCUT2D eigenvalue weighted by molar-refractivity contribution is 5.33. The van der Waals surface area contributed by atoms with Crippen LogP contribution in [0.15, 0.2) is 6.07 Å². The summed E-state index contributed by atoms with van der Waals surface area (Å²) in [6, 6.07) is 4.18. The van der Waals surface area contributed by atoms with E-state index in [1.165, 1.54) is 24.1 Å². The van der Waals surface area contributed by atoms with Gasteiger partial charge < -0.3 is 14.6 Å². The zero-order chi connectivity index (χ0) is 13.0. The summed E-state index contributed by atoms with van der Waals surface area (Å²) >= 11 is 0. The van der Waals surface area contributed by atoms with Gasteiger partial charge in [-0.1, -0.05) is 0 Å². The van der Waals surface area contributed by atoms with Crippen molar-refractivity contribution >= 4 is 0 Å². The number of ether oxygens (including phenoxy) is 1. The smallest absolute Gasteiger partial charge is 0.120 e. The Balaban J connectivity index is 1.85. The Morgan fingerprint density at radius 3 is 3.06 bits per heavy atom. The molecule has 1 aliphatic rings. The van der Waals surface area contributed by atoms with Crippen molar-refractivity contribution in [3.05, 3.63) is 23.0 Å². The average Bonchev–Trinajstić information content (AvgIpc) is 2.68. The molecule has 1 unspecified atom stereocenters. The Kier molecular flexibility index (Phi) is 4.40. The van der Waals surface area contributed by atoms with Crippen molar-refractivity contribution in [3.63, 3.8) is 0 Å². The van der Waals surface area contributed by atoms with Crippen LogP contribution in [0.25, 0.3) is 0 Å². The molecule has 1 aromatic rings. The lowest BCUT2D eigenvalue weighted by molar-refractivity contribution is 0.0547. The summed E-state index contributed by atoms with van der Waals surface area (Å²) in [6.07, 6.45) is 2.43. The Bertz CT molecular complexity index is 439. The summed E-state index contributed by atoms with van der Waals surface area (Å²) in [5, 5.41) is 12.5. The first kappa shape index (κ1) is 13.1. The molecule has 1 aromatic heterocycles. The molecule has 2 rings (SSSR count). The highest BCUT2D eigenvalue weighted by Gasteiger charge is 2.14. The Morgan fingerprint density at radius 2 is 2.44 bits per heavy atom. The van der Waals surface area contributed by atoms with Gasteiger partial charge in [0.15, 0.2) is 0 Å². The van der Waals surface area contributed by atoms with Crippen LogP contribution in [-0.2, 0) is 18.3 Å². The predicted molar refractivity (Wildman–Crippen MR) is 70.1 cm³/mol. The van der Waals surface area contributed by atoms with E-state index in [0.29, 0.717) is 5.92 Å². The number of hydrogen-bond acceptors (Lipinski definition) is 3. The molecular formula is C14H21N3O. The first-order chi connectivity index (χ1) is 8.72. The lowest BCUT2D eigenvalue weighted by Crippen LogP contribution is -2.28. The van der Waals surface area contributed by atoms with Crippen molar-refractivity contribution in [3.8, 4) is 6.07 Å². The Hall–Kier alpha value is -1.31. The van der Waals surface area contributed by atoms with Gasteiger partial charge in [0.1, 0.15) is 11.8 Å². The highest BCUT2D eigenvalue weighted by Crippen LogP contribution is 2.15. The van der Waals surface area contributed by atoms with Crippen LogP contribution in [-0.4, -0.2) is 24.3 Å². The summed E-state index contributed by atoms with van der Waals surface area (Å²) in [7, 11) is 1.94. The number of nitrogens with one attached hydrogen (secondary N) is 1. The van der Waals surface area contributed by atoms with Crippen molar-refractivity contribution in [1.29, 1.82) is 5.26 Å². The molecule has 0 radical (unpaired) electrons. The van der Waals surface area contributed by atoms with Gasteiger partial charge in [0, 0.05) is 32.4 Å². The van der Waals surface area contributed by atoms with Gasteiger partial charge >= 0.3 is 0 Å². The second kappa shape index (κ2) is 6.03. The number of nitrogens with zero attached hydrogens (tertiary/aromatic N) is 2. The zero-order valence-corrected chi connectivity index (χ0v) is 11.2. The van der Waals surface area contributed by atoms with Crippen LogP contribution in [0.2, 0.25) is 0 Å². The molecule has 2 heterocycles. The van der Waals surface area contributed by atoms with E-state index in [2.05, 4.69) is 18.3 Å². The molecule has 4 heteroatoms. The van der Waals surface area contributed by atoms with Gasteiger partial charge in [-0.3, -0.25) is 0 Å². The summed E-state index contributed by atoms with van der Waals surface area (Å²) in [4.78, 5) is 0. The summed E-state index contributed by atoms with van der Waals surface area (Å²) in [5.74, 6) is 0.637. The van der Waals surface area contributed by atoms with E-state index in [-0.39, 0.29) is 0 Å². The Morgan fingerprint density at radius 1 is 1.61 bits per heavy atom. The van der Waals surface area contributed by atoms with Gasteiger partial charge in [-0.2, -0.15) is 5.26 Å². The topological polar surface area (TPSA) is 50.0 Å². The van der Waals surface area contributed by atoms with Crippen LogP contribution in [0.5, 0.6) is 0 Å². The van der Waals surface area contributed by atoms with Crippen molar-refractivity contribution < 1.29 is 4.74 Å². The van der Waals surface area contributed by atoms with E-state index in [1.807, 2.05) is 17.7 Å². The molecule has 98 valence electrons. The molecule has 0 bridgehead atoms. The zero-order valence-electron chi connectivity index (χ0n) is 11.2. The van der Waals surface area contributed by atoms with Gasteiger partial charge in [0.25, 0.3) is 0 Å². The molecule has 0 aliphatic carbocycles. The molecule has 1 N–H and O–H groups in total. The monoisotopic (exact) mass is 247 g/mol. The lowest BCUT2D eigenvalue weighted by Gasteiger charge is -2.22. The molecule has 0 spiro atoms. The van der Waals surface area contributed by atoms with E-state index in [1.54, 1.807) is 0 Å². The summed E-state index contributed by atoms with van der Waals surface area (Å²) in [5.41, 5.74) is 3.11. The van der Waals surface area contributed by atoms with Crippen molar-refractivity contribution in [2.24, 2.45) is 13.0 Å². The second-order valence-electron chi connectivity index (χ2n) is 5.03. The third kappa shape index (κ3) is 2.92. The minimum absolute atomic E-state index is 0.637. The minimum Gasteiger partial charge on any atom is -0.381 e. The fraction of sp³-hybridized carbons (Fsp3) is 0.643. The molecule has 4 nitrogen and oxygen atoms in total. The largest absolute Gasteiger partial charge is 0.381 e. The van der Waals surface area contributed by atoms with Gasteiger partial charge in [0.2, 0.25) is 0 Å². The number of nitriles is 1. The molecule has 1 atom stereocenters. The average molecular weight is 247 g/mol. The quantitative estimate of drug-likeness (QED) is 0.881. The van der Waals surface area contributed by atoms with Gasteiger partial charge in [0.05, 0.1) is 6.61 Å². The van der Waals surface area contributed by atoms with Crippen LogP contribution in [0.4, 0.5) is 0 Å². The van der Waals surface area contributed by atoms with Crippen LogP contribution < -0.4 is 5.32 Å². The molecular weight excluding hydrogens is 226 g/mol. The highest BCUT2D eigenvalue weighted by atomic mass is 16.5. The van der Waals surface area contributed by atoms with Crippen LogP contribution in [0, 0.1) is 24.2 Å². The second-order valence-corrected chi connectivity index (χ2v) is 5.03. The van der Waals surface area contributed by atoms with Gasteiger partial charge in [-0.15, -0.1) is 0 Å². The maximum absolute atomic E-state index is 8.98. The van der Waals surface area contributed by atoms with Crippen molar-refractivity contribution in [2.75, 3.05) is 19.8 Å². The maximum atomic E-state index is 8.98. The molecule has 18 heavy (non-hydrogen) atoms. The summed E-state index contributed by atoms with van der Waals surface area (Å²) in [6.45, 7) is 5.68. The lowest BCUT2D eigenvalue weighted by atomic mass is 10.0. The Labute approximate surface area is 109 Å². The fourth-order valence-electron chi connectivity index (χ4n) is 2.43. The predicted octanol–water partition coefficient (Wildman–Crippen LogP) is 1.72. The van der Waals surface area contributed by atoms with E-state index in [0.717, 1.165) is 32.0 Å². The normalized spacial score (nSPS) is 19.7. The third-order valence-electron chi connectivity index (χ3n) is 3.76. The minimum atomic E-state index is 0.637. The summed E-state index contributed by atoms with van der Waals surface area (Å²) < 4.78 is 7.41.